The van der Waals surface area contributed by atoms with Crippen LogP contribution in [0.25, 0.3) is 11.3 Å². The number of aliphatic hydroxyl groups is 1. The third-order valence-electron chi connectivity index (χ3n) is 6.78. The van der Waals surface area contributed by atoms with Crippen molar-refractivity contribution in [1.82, 2.24) is 20.1 Å². The summed E-state index contributed by atoms with van der Waals surface area (Å²) >= 11 is 0. The molecule has 1 amide bonds. The predicted molar refractivity (Wildman–Crippen MR) is 114 cm³/mol. The van der Waals surface area contributed by atoms with E-state index in [9.17, 15) is 9.90 Å². The van der Waals surface area contributed by atoms with Crippen molar-refractivity contribution in [3.8, 4) is 11.3 Å². The smallest absolute Gasteiger partial charge is 0.272 e. The molecular weight excluding hydrogens is 376 g/mol. The van der Waals surface area contributed by atoms with Crippen LogP contribution in [0.3, 0.4) is 0 Å². The predicted octanol–water partition coefficient (Wildman–Crippen LogP) is 3.76. The van der Waals surface area contributed by atoms with Gasteiger partial charge in [-0.2, -0.15) is 5.10 Å². The Kier molecular flexibility index (Phi) is 4.87. The second kappa shape index (κ2) is 7.69. The number of aromatic nitrogens is 3. The number of carbonyl (C=O) groups is 1. The highest BCUT2D eigenvalue weighted by atomic mass is 16.3. The molecule has 0 radical (unpaired) electrons. The molecule has 1 saturated heterocycles. The average molecular weight is 402 g/mol. The quantitative estimate of drug-likeness (QED) is 0.699. The van der Waals surface area contributed by atoms with E-state index in [1.807, 2.05) is 47.4 Å². The Morgan fingerprint density at radius 2 is 1.97 bits per heavy atom. The number of nitrogens with zero attached hydrogens (tertiary/aromatic N) is 3. The minimum atomic E-state index is -0.877. The van der Waals surface area contributed by atoms with Gasteiger partial charge in [0.1, 0.15) is 5.69 Å². The fourth-order valence-electron chi connectivity index (χ4n) is 5.27. The monoisotopic (exact) mass is 402 g/mol. The second-order valence-electron chi connectivity index (χ2n) is 8.41. The van der Waals surface area contributed by atoms with Crippen molar-refractivity contribution in [2.45, 2.75) is 43.7 Å². The van der Waals surface area contributed by atoms with Gasteiger partial charge in [0.2, 0.25) is 0 Å². The molecule has 1 aliphatic heterocycles. The maximum atomic E-state index is 13.4. The fraction of sp³-hybridized carbons (Fsp3) is 0.375. The summed E-state index contributed by atoms with van der Waals surface area (Å²) in [7, 11) is 0. The van der Waals surface area contributed by atoms with E-state index in [1.54, 1.807) is 18.5 Å². The molecule has 0 spiro atoms. The lowest BCUT2D eigenvalue weighted by molar-refractivity contribution is -0.110. The number of fused-ring (bicyclic) bond motifs is 1. The molecule has 1 aromatic carbocycles. The first-order valence-electron chi connectivity index (χ1n) is 10.7. The number of H-pyrrole nitrogens is 1. The van der Waals surface area contributed by atoms with Crippen molar-refractivity contribution >= 4 is 5.91 Å². The Bertz CT molecular complexity index is 1020. The Labute approximate surface area is 176 Å². The van der Waals surface area contributed by atoms with E-state index < -0.39 is 5.60 Å². The number of amides is 1. The van der Waals surface area contributed by atoms with Gasteiger partial charge in [0.15, 0.2) is 0 Å². The second-order valence-corrected chi connectivity index (χ2v) is 8.41. The Balaban J connectivity index is 1.42. The number of benzene rings is 1. The summed E-state index contributed by atoms with van der Waals surface area (Å²) in [6.45, 7) is 0.534. The summed E-state index contributed by atoms with van der Waals surface area (Å²) in [5, 5.41) is 18.9. The lowest BCUT2D eigenvalue weighted by Gasteiger charge is -2.52. The molecule has 30 heavy (non-hydrogen) atoms. The molecule has 6 nitrogen and oxygen atoms in total. The number of hydrogen-bond donors (Lipinski definition) is 2. The van der Waals surface area contributed by atoms with Crippen LogP contribution in [-0.4, -0.2) is 43.7 Å². The van der Waals surface area contributed by atoms with Crippen LogP contribution in [0.1, 0.15) is 48.2 Å². The van der Waals surface area contributed by atoms with Crippen molar-refractivity contribution in [2.75, 3.05) is 6.54 Å². The van der Waals surface area contributed by atoms with Crippen LogP contribution in [0.5, 0.6) is 0 Å². The Morgan fingerprint density at radius 3 is 2.77 bits per heavy atom. The van der Waals surface area contributed by atoms with Gasteiger partial charge < -0.3 is 10.0 Å². The molecule has 1 aliphatic carbocycles. The minimum absolute atomic E-state index is 0.0374. The molecule has 2 aliphatic rings. The highest BCUT2D eigenvalue weighted by Crippen LogP contribution is 2.47. The number of hydrogen-bond acceptors (Lipinski definition) is 4. The van der Waals surface area contributed by atoms with Gasteiger partial charge in [-0.15, -0.1) is 0 Å². The molecule has 6 heteroatoms. The van der Waals surface area contributed by atoms with Crippen LogP contribution in [-0.2, 0) is 5.60 Å². The maximum absolute atomic E-state index is 13.4. The number of rotatable bonds is 3. The summed E-state index contributed by atoms with van der Waals surface area (Å²) in [5.74, 6) is 0.0108. The van der Waals surface area contributed by atoms with Gasteiger partial charge in [0.25, 0.3) is 5.91 Å². The molecule has 1 saturated carbocycles. The third kappa shape index (κ3) is 3.21. The van der Waals surface area contributed by atoms with E-state index in [0.717, 1.165) is 36.8 Å². The number of nitrogens with one attached hydrogen (secondary N) is 1. The molecule has 3 aromatic rings. The van der Waals surface area contributed by atoms with Crippen LogP contribution in [0.15, 0.2) is 60.9 Å². The molecule has 2 N–H and O–H groups in total. The SMILES string of the molecule is O=C(c1cc(-c2cccnc2)n[nH]1)N1CCC(O)(c2ccccc2)C2CCCCC21. The van der Waals surface area contributed by atoms with Gasteiger partial charge in [-0.1, -0.05) is 43.2 Å². The van der Waals surface area contributed by atoms with Crippen LogP contribution in [0.2, 0.25) is 0 Å². The molecule has 0 bridgehead atoms. The van der Waals surface area contributed by atoms with Gasteiger partial charge in [-0.05, 0) is 43.0 Å². The first-order chi connectivity index (χ1) is 14.7. The van der Waals surface area contributed by atoms with Gasteiger partial charge in [-0.25, -0.2) is 0 Å². The summed E-state index contributed by atoms with van der Waals surface area (Å²) in [4.78, 5) is 19.5. The zero-order valence-electron chi connectivity index (χ0n) is 16.9. The summed E-state index contributed by atoms with van der Waals surface area (Å²) < 4.78 is 0. The summed E-state index contributed by atoms with van der Waals surface area (Å²) in [5.41, 5.74) is 2.17. The van der Waals surface area contributed by atoms with Crippen LogP contribution < -0.4 is 0 Å². The number of piperidine rings is 1. The molecule has 5 rings (SSSR count). The average Bonchev–Trinajstić information content (AvgIpc) is 3.31. The molecule has 2 aromatic heterocycles. The number of likely N-dealkylation sites (tertiary alicyclic amines) is 1. The Hall–Kier alpha value is -2.99. The molecule has 2 fully saturated rings. The van der Waals surface area contributed by atoms with E-state index in [4.69, 9.17) is 0 Å². The van der Waals surface area contributed by atoms with Gasteiger partial charge in [-0.3, -0.25) is 14.9 Å². The highest BCUT2D eigenvalue weighted by Gasteiger charge is 2.50. The van der Waals surface area contributed by atoms with Crippen molar-refractivity contribution in [2.24, 2.45) is 5.92 Å². The third-order valence-corrected chi connectivity index (χ3v) is 6.78. The maximum Gasteiger partial charge on any atom is 0.272 e. The first kappa shape index (κ1) is 19.0. The zero-order chi connectivity index (χ0) is 20.6. The molecule has 3 unspecified atom stereocenters. The van der Waals surface area contributed by atoms with Gasteiger partial charge in [0.05, 0.1) is 11.3 Å². The van der Waals surface area contributed by atoms with E-state index >= 15 is 0 Å². The van der Waals surface area contributed by atoms with Gasteiger partial charge in [0, 0.05) is 36.5 Å². The molecule has 3 atom stereocenters. The van der Waals surface area contributed by atoms with Crippen molar-refractivity contribution in [3.63, 3.8) is 0 Å². The van der Waals surface area contributed by atoms with E-state index in [2.05, 4.69) is 15.2 Å². The van der Waals surface area contributed by atoms with Crippen molar-refractivity contribution in [3.05, 3.63) is 72.2 Å². The standard InChI is InChI=1S/C24H26N4O2/c29-23(21-15-20(26-27-21)17-7-6-13-25-16-17)28-14-12-24(30,18-8-2-1-3-9-18)19-10-4-5-11-22(19)28/h1-3,6-9,13,15-16,19,22,30H,4-5,10-12,14H2,(H,26,27). The van der Waals surface area contributed by atoms with E-state index in [1.165, 1.54) is 0 Å². The van der Waals surface area contributed by atoms with Crippen LogP contribution >= 0.6 is 0 Å². The number of pyridine rings is 1. The fourth-order valence-corrected chi connectivity index (χ4v) is 5.27. The number of aromatic amines is 1. The molecule has 154 valence electrons. The van der Waals surface area contributed by atoms with Crippen molar-refractivity contribution in [1.29, 1.82) is 0 Å². The zero-order valence-corrected chi connectivity index (χ0v) is 16.9. The highest BCUT2D eigenvalue weighted by molar-refractivity contribution is 5.93. The van der Waals surface area contributed by atoms with E-state index in [-0.39, 0.29) is 17.9 Å². The largest absolute Gasteiger partial charge is 0.385 e. The van der Waals surface area contributed by atoms with Crippen LogP contribution in [0.4, 0.5) is 0 Å². The van der Waals surface area contributed by atoms with E-state index in [0.29, 0.717) is 24.4 Å². The topological polar surface area (TPSA) is 82.1 Å². The van der Waals surface area contributed by atoms with Crippen molar-refractivity contribution < 1.29 is 9.90 Å². The minimum Gasteiger partial charge on any atom is -0.385 e. The van der Waals surface area contributed by atoms with Gasteiger partial charge >= 0.3 is 0 Å². The molecular formula is C24H26N4O2. The summed E-state index contributed by atoms with van der Waals surface area (Å²) in [6, 6.07) is 15.6. The summed E-state index contributed by atoms with van der Waals surface area (Å²) in [6.07, 6.45) is 8.04. The van der Waals surface area contributed by atoms with Crippen LogP contribution in [0, 0.1) is 5.92 Å². The lowest BCUT2D eigenvalue weighted by atomic mass is 9.66. The normalized spacial score (nSPS) is 26.2. The molecule has 3 heterocycles. The lowest BCUT2D eigenvalue weighted by Crippen LogP contribution is -2.59. The Morgan fingerprint density at radius 1 is 1.13 bits per heavy atom. The number of carbonyl (C=O) groups excluding carboxylic acids is 1. The first-order valence-corrected chi connectivity index (χ1v) is 10.7.